The van der Waals surface area contributed by atoms with Gasteiger partial charge in [0, 0.05) is 13.8 Å². The molecule has 18 N–H and O–H groups in total. The summed E-state index contributed by atoms with van der Waals surface area (Å²) in [5.41, 5.74) is 0. The van der Waals surface area contributed by atoms with E-state index in [-0.39, 0.29) is 0 Å². The van der Waals surface area contributed by atoms with Gasteiger partial charge in [0.1, 0.15) is 134 Å². The van der Waals surface area contributed by atoms with Crippen LogP contribution in [0.2, 0.25) is 0 Å². The highest BCUT2D eigenvalue weighted by Crippen LogP contribution is 2.37. The van der Waals surface area contributed by atoms with E-state index in [0.29, 0.717) is 0 Å². The molecule has 0 radical (unpaired) electrons. The molecule has 0 aliphatic carbocycles. The lowest BCUT2D eigenvalue weighted by molar-refractivity contribution is -0.396. The monoisotopic (exact) mass is 1200 g/mol. The lowest BCUT2D eigenvalue weighted by Gasteiger charge is -2.50. The van der Waals surface area contributed by atoms with Crippen LogP contribution in [0.5, 0.6) is 0 Å². The molecule has 6 saturated heterocycles. The fourth-order valence-corrected chi connectivity index (χ4v) is 10.3. The maximum atomic E-state index is 12.6. The Kier molecular flexibility index (Phi) is 22.6. The van der Waals surface area contributed by atoms with Gasteiger partial charge in [-0.05, 0) is 13.8 Å². The molecule has 0 aromatic heterocycles. The summed E-state index contributed by atoms with van der Waals surface area (Å²) >= 11 is 0. The Hall–Kier alpha value is -2.32. The Balaban J connectivity index is 1.32. The number of rotatable bonds is 20. The minimum absolute atomic E-state index is 0.877. The molecule has 6 aliphatic heterocycles. The van der Waals surface area contributed by atoms with E-state index >= 15 is 0 Å². The molecule has 6 rings (SSSR count). The zero-order chi connectivity index (χ0) is 58.9. The molecule has 0 aromatic carbocycles. The molecule has 0 saturated carbocycles. The zero-order valence-corrected chi connectivity index (χ0v) is 43.5. The van der Waals surface area contributed by atoms with Crippen LogP contribution in [0.25, 0.3) is 0 Å². The summed E-state index contributed by atoms with van der Waals surface area (Å²) in [6.45, 7) is -0.0650. The minimum Gasteiger partial charge on any atom is -0.394 e. The SMILES string of the molecule is CC(=O)N[C@H]1[C@H](OC[C@H]2OC(O)[C@H](NC(C)=O)[C@@H](O[C@@H]3O[C@H](CO)[C@H](O[C@@H]4O[C@H](CO)[C@H](O)[C@H](OS(=O)(=O)O)[C@H]4O)[C@H](O)[C@H]3O[C@@H]3O[C@@H](C)[C@@H](O)[C@@H](O)[C@@H]3O)[C@H]2O)O[C@H](COS(=O)(=O)O)[C@@H](O)[C@@H]1O[C@@H]1O[C@@H](C)[C@@H](O)[C@@H](O)[C@@H]1O. The van der Waals surface area contributed by atoms with Crippen LogP contribution >= 0.6 is 0 Å². The van der Waals surface area contributed by atoms with Crippen molar-refractivity contribution in [2.45, 2.75) is 212 Å². The number of nitrogens with one attached hydrogen (secondary N) is 2. The Morgan fingerprint density at radius 3 is 1.37 bits per heavy atom. The molecular formula is C40H68N2O35S2. The van der Waals surface area contributed by atoms with Gasteiger partial charge >= 0.3 is 20.8 Å². The topological polar surface area (TPSA) is 570 Å². The summed E-state index contributed by atoms with van der Waals surface area (Å²) in [4.78, 5) is 25.2. The third kappa shape index (κ3) is 15.7. The first-order chi connectivity index (χ1) is 36.8. The maximum Gasteiger partial charge on any atom is 0.397 e. The first-order valence-corrected chi connectivity index (χ1v) is 26.9. The molecule has 0 spiro atoms. The lowest BCUT2D eigenvalue weighted by atomic mass is 9.94. The number of hydrogen-bond donors (Lipinski definition) is 18. The average Bonchev–Trinajstić information content (AvgIpc) is 3.43. The largest absolute Gasteiger partial charge is 0.397 e. The van der Waals surface area contributed by atoms with E-state index in [4.69, 9.17) is 52.1 Å². The number of carbonyl (C=O) groups excluding carboxylic acids is 2. The van der Waals surface area contributed by atoms with Crippen molar-refractivity contribution >= 4 is 32.6 Å². The minimum atomic E-state index is -5.45. The molecule has 39 heteroatoms. The molecule has 460 valence electrons. The normalized spacial score (nSPS) is 47.3. The molecule has 0 aromatic rings. The Morgan fingerprint density at radius 1 is 0.430 bits per heavy atom. The van der Waals surface area contributed by atoms with Gasteiger partial charge in [-0.15, -0.1) is 0 Å². The summed E-state index contributed by atoms with van der Waals surface area (Å²) in [6.07, 6.45) is -56.0. The van der Waals surface area contributed by atoms with Gasteiger partial charge < -0.3 is 134 Å². The molecule has 6 aliphatic rings. The molecule has 79 heavy (non-hydrogen) atoms. The Labute approximate surface area is 448 Å². The van der Waals surface area contributed by atoms with Gasteiger partial charge in [-0.2, -0.15) is 16.8 Å². The van der Waals surface area contributed by atoms with Crippen molar-refractivity contribution in [2.24, 2.45) is 0 Å². The predicted molar refractivity (Wildman–Crippen MR) is 240 cm³/mol. The Bertz CT molecular complexity index is 2230. The highest BCUT2D eigenvalue weighted by Gasteiger charge is 2.58. The van der Waals surface area contributed by atoms with E-state index in [1.165, 1.54) is 13.8 Å². The van der Waals surface area contributed by atoms with E-state index in [1.54, 1.807) is 0 Å². The van der Waals surface area contributed by atoms with Gasteiger partial charge in [-0.1, -0.05) is 0 Å². The van der Waals surface area contributed by atoms with Gasteiger partial charge in [0.2, 0.25) is 11.8 Å². The second-order valence-electron chi connectivity index (χ2n) is 19.3. The van der Waals surface area contributed by atoms with Gasteiger partial charge in [-0.3, -0.25) is 18.7 Å². The van der Waals surface area contributed by atoms with E-state index in [9.17, 15) is 107 Å². The Morgan fingerprint density at radius 2 is 0.861 bits per heavy atom. The summed E-state index contributed by atoms with van der Waals surface area (Å²) in [5, 5.41) is 157. The highest BCUT2D eigenvalue weighted by molar-refractivity contribution is 7.81. The second-order valence-corrected chi connectivity index (χ2v) is 21.4. The molecule has 37 nitrogen and oxygen atoms in total. The first-order valence-electron chi connectivity index (χ1n) is 24.1. The fourth-order valence-electron chi connectivity index (χ4n) is 9.47. The van der Waals surface area contributed by atoms with Crippen LogP contribution in [0.3, 0.4) is 0 Å². The van der Waals surface area contributed by atoms with Crippen molar-refractivity contribution in [3.8, 4) is 0 Å². The van der Waals surface area contributed by atoms with Crippen LogP contribution in [0.15, 0.2) is 0 Å². The second kappa shape index (κ2) is 27.2. The van der Waals surface area contributed by atoms with Crippen molar-refractivity contribution in [3.63, 3.8) is 0 Å². The standard InChI is InChI=1S/C40H68N2O35S2/c1-9-19(47)24(52)26(54)37(67-9)74-32-18(42-12(4)46)36(72-16(23(32)51)8-66-78(59,60)61)65-7-15-22(50)31(17(35(58)69-15)41-11(3)45)75-40-34(76-38-27(55)25(53)20(48)10(2)68-38)28(56)30(14(6-44)71-40)73-39-29(57)33(77-79(62,63)64)21(49)13(5-43)70-39/h9-10,13-40,43-44,47-58H,5-8H2,1-4H3,(H,41,45)(H,42,46)(H,59,60,61)(H,62,63,64)/t9-,10-,13+,14+,15+,16+,17+,18+,19+,20+,21-,22-,23+,24+,25+,26-,27-,28-,29+,30-,31+,32+,33-,34+,35?,36+,37-,38-,39-,40-/m0/s1. The van der Waals surface area contributed by atoms with E-state index in [2.05, 4.69) is 19.0 Å². The number of carbonyl (C=O) groups is 2. The average molecular weight is 1200 g/mol. The predicted octanol–water partition coefficient (Wildman–Crippen LogP) is -12.1. The van der Waals surface area contributed by atoms with Gasteiger partial charge in [0.05, 0.1) is 38.6 Å². The molecule has 30 atom stereocenters. The molecular weight excluding hydrogens is 1130 g/mol. The summed E-state index contributed by atoms with van der Waals surface area (Å²) in [6, 6.07) is -3.62. The van der Waals surface area contributed by atoms with Gasteiger partial charge in [0.15, 0.2) is 37.7 Å². The van der Waals surface area contributed by atoms with Crippen molar-refractivity contribution in [1.29, 1.82) is 0 Å². The molecule has 0 bridgehead atoms. The van der Waals surface area contributed by atoms with Gasteiger partial charge in [-0.25, -0.2) is 8.37 Å². The van der Waals surface area contributed by atoms with Crippen molar-refractivity contribution in [2.75, 3.05) is 26.4 Å². The van der Waals surface area contributed by atoms with Crippen molar-refractivity contribution < 1.29 is 167 Å². The lowest BCUT2D eigenvalue weighted by Crippen LogP contribution is -2.70. The van der Waals surface area contributed by atoms with Crippen molar-refractivity contribution in [1.82, 2.24) is 10.6 Å². The third-order valence-electron chi connectivity index (χ3n) is 13.5. The molecule has 6 fully saturated rings. The van der Waals surface area contributed by atoms with E-state index < -0.39 is 243 Å². The van der Waals surface area contributed by atoms with Crippen LogP contribution < -0.4 is 10.6 Å². The smallest absolute Gasteiger partial charge is 0.394 e. The van der Waals surface area contributed by atoms with Crippen LogP contribution in [0.4, 0.5) is 0 Å². The first kappa shape index (κ1) is 65.8. The third-order valence-corrected chi connectivity index (χ3v) is 14.4. The summed E-state index contributed by atoms with van der Waals surface area (Å²) in [7, 11) is -10.7. The fraction of sp³-hybridized carbons (Fsp3) is 0.950. The number of amides is 2. The molecule has 2 amide bonds. The van der Waals surface area contributed by atoms with Crippen LogP contribution in [-0.2, 0) is 90.9 Å². The zero-order valence-electron chi connectivity index (χ0n) is 41.9. The summed E-state index contributed by atoms with van der Waals surface area (Å²) < 4.78 is 137. The number of hydrogen-bond acceptors (Lipinski definition) is 33. The van der Waals surface area contributed by atoms with Crippen LogP contribution in [0.1, 0.15) is 27.7 Å². The van der Waals surface area contributed by atoms with Crippen LogP contribution in [0, 0.1) is 0 Å². The van der Waals surface area contributed by atoms with Crippen LogP contribution in [-0.4, -0.2) is 320 Å². The maximum absolute atomic E-state index is 12.6. The molecule has 1 unspecified atom stereocenters. The molecule has 6 heterocycles. The quantitative estimate of drug-likeness (QED) is 0.0503. The van der Waals surface area contributed by atoms with Crippen molar-refractivity contribution in [3.05, 3.63) is 0 Å². The number of aliphatic hydroxyl groups is 14. The number of aliphatic hydroxyl groups excluding tert-OH is 14. The summed E-state index contributed by atoms with van der Waals surface area (Å²) in [5.74, 6) is -1.78. The number of ether oxygens (including phenoxy) is 11. The van der Waals surface area contributed by atoms with E-state index in [1.807, 2.05) is 0 Å². The van der Waals surface area contributed by atoms with Gasteiger partial charge in [0.25, 0.3) is 0 Å². The highest BCUT2D eigenvalue weighted by atomic mass is 32.3. The van der Waals surface area contributed by atoms with E-state index in [0.717, 1.165) is 13.8 Å².